The minimum atomic E-state index is -0.767. The molecule has 0 atom stereocenters. The van der Waals surface area contributed by atoms with Crippen molar-refractivity contribution in [1.82, 2.24) is 0 Å². The largest absolute Gasteiger partial charge is 0.508 e. The van der Waals surface area contributed by atoms with Gasteiger partial charge in [-0.25, -0.2) is 0 Å². The van der Waals surface area contributed by atoms with Crippen LogP contribution in [0, 0.1) is 0 Å². The Morgan fingerprint density at radius 3 is 2.47 bits per heavy atom. The molecule has 17 heavy (non-hydrogen) atoms. The van der Waals surface area contributed by atoms with Gasteiger partial charge in [0.25, 0.3) is 0 Å². The van der Waals surface area contributed by atoms with Crippen molar-refractivity contribution < 1.29 is 15.0 Å². The van der Waals surface area contributed by atoms with E-state index >= 15 is 0 Å². The second kappa shape index (κ2) is 4.06. The summed E-state index contributed by atoms with van der Waals surface area (Å²) in [6.45, 7) is 4.13. The van der Waals surface area contributed by atoms with Gasteiger partial charge >= 0.3 is 5.97 Å². The molecule has 2 N–H and O–H groups in total. The highest BCUT2D eigenvalue weighted by Crippen LogP contribution is 2.52. The van der Waals surface area contributed by atoms with Crippen molar-refractivity contribution in [3.05, 3.63) is 29.3 Å². The fourth-order valence-electron chi connectivity index (χ4n) is 2.28. The van der Waals surface area contributed by atoms with Crippen molar-refractivity contribution in [3.8, 4) is 5.75 Å². The van der Waals surface area contributed by atoms with E-state index < -0.39 is 5.97 Å². The quantitative estimate of drug-likeness (QED) is 0.841. The second-order valence-corrected chi connectivity index (χ2v) is 5.32. The lowest BCUT2D eigenvalue weighted by molar-refractivity contribution is -0.137. The summed E-state index contributed by atoms with van der Waals surface area (Å²) in [6, 6.07) is 5.51. The number of carboxylic acids is 1. The van der Waals surface area contributed by atoms with Crippen LogP contribution in [0.4, 0.5) is 0 Å². The molecule has 0 saturated heterocycles. The first-order chi connectivity index (χ1) is 7.93. The Hall–Kier alpha value is -1.51. The fourth-order valence-corrected chi connectivity index (χ4v) is 2.28. The molecule has 0 spiro atoms. The number of phenols is 1. The number of rotatable bonds is 4. The van der Waals surface area contributed by atoms with Crippen molar-refractivity contribution in [2.75, 3.05) is 0 Å². The van der Waals surface area contributed by atoms with Crippen LogP contribution in [-0.4, -0.2) is 16.2 Å². The van der Waals surface area contributed by atoms with E-state index in [9.17, 15) is 9.90 Å². The van der Waals surface area contributed by atoms with Crippen molar-refractivity contribution >= 4 is 5.97 Å². The van der Waals surface area contributed by atoms with Gasteiger partial charge in [-0.3, -0.25) is 4.79 Å². The van der Waals surface area contributed by atoms with Gasteiger partial charge in [0.15, 0.2) is 0 Å². The van der Waals surface area contributed by atoms with E-state index in [0.717, 1.165) is 24.0 Å². The number of aliphatic carboxylic acids is 1. The van der Waals surface area contributed by atoms with Gasteiger partial charge in [0, 0.05) is 5.41 Å². The number of benzene rings is 1. The molecule has 1 aliphatic carbocycles. The van der Waals surface area contributed by atoms with Crippen molar-refractivity contribution in [2.24, 2.45) is 0 Å². The Labute approximate surface area is 101 Å². The van der Waals surface area contributed by atoms with Crippen LogP contribution in [0.2, 0.25) is 0 Å². The van der Waals surface area contributed by atoms with Crippen LogP contribution in [0.5, 0.6) is 5.75 Å². The number of aromatic hydroxyl groups is 1. The summed E-state index contributed by atoms with van der Waals surface area (Å²) in [5, 5.41) is 18.7. The van der Waals surface area contributed by atoms with E-state index in [-0.39, 0.29) is 17.6 Å². The zero-order chi connectivity index (χ0) is 12.6. The first kappa shape index (κ1) is 12.0. The first-order valence-corrected chi connectivity index (χ1v) is 5.99. The molecule has 0 aliphatic heterocycles. The molecule has 0 radical (unpaired) electrons. The molecule has 0 heterocycles. The summed E-state index contributed by atoms with van der Waals surface area (Å²) in [7, 11) is 0. The molecule has 1 fully saturated rings. The Morgan fingerprint density at radius 2 is 2.00 bits per heavy atom. The predicted octanol–water partition coefficient (Wildman–Crippen LogP) is 3.02. The molecular weight excluding hydrogens is 216 g/mol. The minimum Gasteiger partial charge on any atom is -0.508 e. The third-order valence-electron chi connectivity index (χ3n) is 3.56. The molecule has 1 aromatic rings. The Bertz CT molecular complexity index is 445. The average Bonchev–Trinajstić information content (AvgIpc) is 2.97. The molecule has 2 rings (SSSR count). The van der Waals surface area contributed by atoms with Crippen molar-refractivity contribution in [1.29, 1.82) is 0 Å². The average molecular weight is 234 g/mol. The molecule has 0 bridgehead atoms. The number of carboxylic acid groups (broad SMARTS) is 1. The zero-order valence-electron chi connectivity index (χ0n) is 10.2. The number of carbonyl (C=O) groups is 1. The Morgan fingerprint density at radius 1 is 1.35 bits per heavy atom. The highest BCUT2D eigenvalue weighted by Gasteiger charge is 2.46. The summed E-state index contributed by atoms with van der Waals surface area (Å²) in [6.07, 6.45) is 1.97. The molecule has 1 saturated carbocycles. The number of hydrogen-bond acceptors (Lipinski definition) is 2. The molecule has 0 aromatic heterocycles. The van der Waals surface area contributed by atoms with Gasteiger partial charge < -0.3 is 10.2 Å². The van der Waals surface area contributed by atoms with Crippen LogP contribution < -0.4 is 0 Å². The van der Waals surface area contributed by atoms with Gasteiger partial charge in [0.1, 0.15) is 5.75 Å². The van der Waals surface area contributed by atoms with E-state index in [1.807, 2.05) is 6.07 Å². The summed E-state index contributed by atoms with van der Waals surface area (Å²) in [5.74, 6) is -0.193. The molecule has 3 nitrogen and oxygen atoms in total. The van der Waals surface area contributed by atoms with E-state index in [2.05, 4.69) is 13.8 Å². The minimum absolute atomic E-state index is 0.161. The van der Waals surface area contributed by atoms with Gasteiger partial charge in [-0.05, 0) is 42.0 Å². The Balaban J connectivity index is 2.35. The lowest BCUT2D eigenvalue weighted by atomic mass is 9.89. The molecular formula is C14H18O3. The SMILES string of the molecule is CC(C)c1cc(O)cc(C2(CC(=O)O)CC2)c1. The third-order valence-corrected chi connectivity index (χ3v) is 3.56. The normalized spacial score (nSPS) is 17.1. The zero-order valence-corrected chi connectivity index (χ0v) is 10.2. The summed E-state index contributed by atoms with van der Waals surface area (Å²) < 4.78 is 0. The van der Waals surface area contributed by atoms with Gasteiger partial charge in [0.2, 0.25) is 0 Å². The smallest absolute Gasteiger partial charge is 0.304 e. The first-order valence-electron chi connectivity index (χ1n) is 5.99. The molecule has 1 aliphatic rings. The number of hydrogen-bond donors (Lipinski definition) is 2. The standard InChI is InChI=1S/C14H18O3/c1-9(2)10-5-11(7-12(15)6-10)14(3-4-14)8-13(16)17/h5-7,9,15H,3-4,8H2,1-2H3,(H,16,17). The maximum absolute atomic E-state index is 10.9. The summed E-state index contributed by atoms with van der Waals surface area (Å²) >= 11 is 0. The fraction of sp³-hybridized carbons (Fsp3) is 0.500. The van der Waals surface area contributed by atoms with Crippen LogP contribution in [0.1, 0.15) is 50.2 Å². The van der Waals surface area contributed by atoms with E-state index in [1.165, 1.54) is 0 Å². The van der Waals surface area contributed by atoms with E-state index in [0.29, 0.717) is 5.92 Å². The van der Waals surface area contributed by atoms with E-state index in [4.69, 9.17) is 5.11 Å². The molecule has 0 amide bonds. The van der Waals surface area contributed by atoms with Crippen LogP contribution in [-0.2, 0) is 10.2 Å². The highest BCUT2D eigenvalue weighted by molar-refractivity contribution is 5.70. The van der Waals surface area contributed by atoms with Gasteiger partial charge in [-0.2, -0.15) is 0 Å². The second-order valence-electron chi connectivity index (χ2n) is 5.32. The monoisotopic (exact) mass is 234 g/mol. The molecule has 92 valence electrons. The summed E-state index contributed by atoms with van der Waals surface area (Å²) in [5.41, 5.74) is 1.81. The van der Waals surface area contributed by atoms with Crippen LogP contribution in [0.25, 0.3) is 0 Å². The topological polar surface area (TPSA) is 57.5 Å². The van der Waals surface area contributed by atoms with Crippen LogP contribution in [0.15, 0.2) is 18.2 Å². The van der Waals surface area contributed by atoms with Crippen molar-refractivity contribution in [3.63, 3.8) is 0 Å². The highest BCUT2D eigenvalue weighted by atomic mass is 16.4. The Kier molecular flexibility index (Phi) is 2.86. The molecule has 0 unspecified atom stereocenters. The maximum atomic E-state index is 10.9. The van der Waals surface area contributed by atoms with Gasteiger partial charge in [-0.1, -0.05) is 19.9 Å². The molecule has 1 aromatic carbocycles. The van der Waals surface area contributed by atoms with Gasteiger partial charge in [0.05, 0.1) is 6.42 Å². The van der Waals surface area contributed by atoms with Crippen molar-refractivity contribution in [2.45, 2.75) is 44.4 Å². The molecule has 3 heteroatoms. The number of phenolic OH excluding ortho intramolecular Hbond substituents is 1. The summed E-state index contributed by atoms with van der Waals surface area (Å²) in [4.78, 5) is 10.9. The third kappa shape index (κ3) is 2.43. The lowest BCUT2D eigenvalue weighted by Gasteiger charge is -2.16. The van der Waals surface area contributed by atoms with Gasteiger partial charge in [-0.15, -0.1) is 0 Å². The maximum Gasteiger partial charge on any atom is 0.304 e. The lowest BCUT2D eigenvalue weighted by Crippen LogP contribution is -2.13. The van der Waals surface area contributed by atoms with Crippen LogP contribution in [0.3, 0.4) is 0 Å². The van der Waals surface area contributed by atoms with E-state index in [1.54, 1.807) is 12.1 Å². The van der Waals surface area contributed by atoms with Crippen LogP contribution >= 0.6 is 0 Å². The predicted molar refractivity (Wildman–Crippen MR) is 65.4 cm³/mol.